The van der Waals surface area contributed by atoms with Gasteiger partial charge in [0, 0.05) is 44.2 Å². The van der Waals surface area contributed by atoms with Gasteiger partial charge < -0.3 is 34.5 Å². The number of nitrogens with one attached hydrogen (secondary N) is 2. The number of alkyl carbamates (subject to hydrolysis) is 1. The molecular formula is C41H44N4O6. The van der Waals surface area contributed by atoms with Crippen LogP contribution in [-0.4, -0.2) is 58.0 Å². The number of imidazole rings is 1. The number of carbonyl (C=O) groups is 1. The molecule has 1 aromatic heterocycles. The Balaban J connectivity index is 1.05. The third-order valence-corrected chi connectivity index (χ3v) is 9.89. The standard InChI is InChI=1S/C41H44N4O6/c1-2-23-49-41(48)42-25-32-7-3-4-8-35(32)29-15-17-31(18-16-29)39-50-34(24-38(51-39)30-13-11-28(27-46)12-14-30)26-44-21-19-33(20-22-44)45-37-10-6-5-9-36(37)43-40(45)47/h2-18,33-34,38-39,46H,1,19-27H2,(H,42,48)(H,43,47). The van der Waals surface area contributed by atoms with E-state index in [1.165, 1.54) is 6.08 Å². The average Bonchev–Trinajstić information content (AvgIpc) is 3.52. The molecule has 0 spiro atoms. The van der Waals surface area contributed by atoms with Gasteiger partial charge in [0.05, 0.1) is 29.8 Å². The van der Waals surface area contributed by atoms with Crippen LogP contribution in [0.1, 0.15) is 60.0 Å². The third kappa shape index (κ3) is 8.00. The largest absolute Gasteiger partial charge is 0.445 e. The molecule has 51 heavy (non-hydrogen) atoms. The predicted octanol–water partition coefficient (Wildman–Crippen LogP) is 6.78. The summed E-state index contributed by atoms with van der Waals surface area (Å²) in [7, 11) is 0. The Hall–Kier alpha value is -5.00. The summed E-state index contributed by atoms with van der Waals surface area (Å²) in [5.74, 6) is 0. The van der Waals surface area contributed by atoms with Crippen molar-refractivity contribution in [2.75, 3.05) is 26.2 Å². The van der Waals surface area contributed by atoms with Crippen LogP contribution in [0.25, 0.3) is 22.2 Å². The van der Waals surface area contributed by atoms with E-state index in [2.05, 4.69) is 33.9 Å². The highest BCUT2D eigenvalue weighted by atomic mass is 16.7. The van der Waals surface area contributed by atoms with Gasteiger partial charge in [0.15, 0.2) is 6.29 Å². The van der Waals surface area contributed by atoms with Crippen LogP contribution in [0, 0.1) is 0 Å². The van der Waals surface area contributed by atoms with E-state index in [4.69, 9.17) is 14.2 Å². The van der Waals surface area contributed by atoms with Crippen molar-refractivity contribution in [2.24, 2.45) is 0 Å². The number of carbonyl (C=O) groups excluding carboxylic acids is 1. The first kappa shape index (κ1) is 34.4. The van der Waals surface area contributed by atoms with Crippen molar-refractivity contribution in [3.05, 3.63) is 142 Å². The van der Waals surface area contributed by atoms with E-state index >= 15 is 0 Å². The summed E-state index contributed by atoms with van der Waals surface area (Å²) >= 11 is 0. The molecule has 2 aliphatic rings. The molecule has 10 nitrogen and oxygen atoms in total. The molecule has 7 rings (SSSR count). The van der Waals surface area contributed by atoms with Gasteiger partial charge in [-0.05, 0) is 52.8 Å². The Bertz CT molecular complexity index is 2000. The van der Waals surface area contributed by atoms with Crippen LogP contribution in [-0.2, 0) is 27.4 Å². The molecule has 0 bridgehead atoms. The maximum atomic E-state index is 12.8. The number of likely N-dealkylation sites (tertiary alicyclic amines) is 1. The molecule has 264 valence electrons. The van der Waals surface area contributed by atoms with Crippen LogP contribution in [0.4, 0.5) is 4.79 Å². The van der Waals surface area contributed by atoms with Gasteiger partial charge in [-0.15, -0.1) is 0 Å². The fraction of sp³-hybridized carbons (Fsp3) is 0.317. The molecule has 4 aromatic carbocycles. The van der Waals surface area contributed by atoms with E-state index in [0.717, 1.165) is 76.9 Å². The fourth-order valence-corrected chi connectivity index (χ4v) is 7.25. The minimum atomic E-state index is -0.570. The Morgan fingerprint density at radius 2 is 1.67 bits per heavy atom. The number of benzene rings is 4. The molecule has 3 heterocycles. The molecule has 5 aromatic rings. The van der Waals surface area contributed by atoms with Gasteiger partial charge in [0.1, 0.15) is 6.61 Å². The first-order chi connectivity index (χ1) is 25.0. The van der Waals surface area contributed by atoms with Crippen LogP contribution in [0.3, 0.4) is 0 Å². The molecule has 3 atom stereocenters. The lowest BCUT2D eigenvalue weighted by Gasteiger charge is -2.40. The van der Waals surface area contributed by atoms with Crippen LogP contribution >= 0.6 is 0 Å². The van der Waals surface area contributed by atoms with E-state index in [-0.39, 0.29) is 37.2 Å². The number of amides is 1. The molecule has 2 fully saturated rings. The second-order valence-electron chi connectivity index (χ2n) is 13.2. The van der Waals surface area contributed by atoms with E-state index in [1.807, 2.05) is 89.5 Å². The molecule has 0 aliphatic carbocycles. The minimum absolute atomic E-state index is 0.00821. The number of H-pyrrole nitrogens is 1. The second kappa shape index (κ2) is 15.9. The lowest BCUT2D eigenvalue weighted by Crippen LogP contribution is -2.43. The zero-order valence-electron chi connectivity index (χ0n) is 28.6. The maximum absolute atomic E-state index is 12.8. The lowest BCUT2D eigenvalue weighted by atomic mass is 9.97. The maximum Gasteiger partial charge on any atom is 0.407 e. The molecule has 0 radical (unpaired) electrons. The predicted molar refractivity (Wildman–Crippen MR) is 196 cm³/mol. The molecule has 10 heteroatoms. The highest BCUT2D eigenvalue weighted by Crippen LogP contribution is 2.39. The number of aromatic nitrogens is 2. The summed E-state index contributed by atoms with van der Waals surface area (Å²) in [6, 6.07) is 32.1. The number of rotatable bonds is 11. The van der Waals surface area contributed by atoms with Gasteiger partial charge in [-0.3, -0.25) is 4.57 Å². The van der Waals surface area contributed by atoms with Crippen LogP contribution in [0.5, 0.6) is 0 Å². The number of hydrogen-bond donors (Lipinski definition) is 3. The summed E-state index contributed by atoms with van der Waals surface area (Å²) < 4.78 is 20.3. The van der Waals surface area contributed by atoms with Gasteiger partial charge in [-0.1, -0.05) is 97.6 Å². The summed E-state index contributed by atoms with van der Waals surface area (Å²) in [6.45, 7) is 6.55. The summed E-state index contributed by atoms with van der Waals surface area (Å²) in [4.78, 5) is 30.3. The minimum Gasteiger partial charge on any atom is -0.445 e. The third-order valence-electron chi connectivity index (χ3n) is 9.89. The summed E-state index contributed by atoms with van der Waals surface area (Å²) in [5, 5.41) is 12.4. The zero-order valence-corrected chi connectivity index (χ0v) is 28.6. The Morgan fingerprint density at radius 1 is 0.941 bits per heavy atom. The van der Waals surface area contributed by atoms with Crippen molar-refractivity contribution >= 4 is 17.1 Å². The number of aliphatic hydroxyl groups excluding tert-OH is 1. The van der Waals surface area contributed by atoms with Crippen molar-refractivity contribution in [3.63, 3.8) is 0 Å². The number of aliphatic hydroxyl groups is 1. The molecule has 3 unspecified atom stereocenters. The Kier molecular flexibility index (Phi) is 10.7. The molecule has 2 saturated heterocycles. The van der Waals surface area contributed by atoms with Gasteiger partial charge >= 0.3 is 11.8 Å². The Labute approximate surface area is 297 Å². The number of aromatic amines is 1. The summed E-state index contributed by atoms with van der Waals surface area (Å²) in [5.41, 5.74) is 7.60. The summed E-state index contributed by atoms with van der Waals surface area (Å²) in [6.07, 6.45) is 2.68. The highest BCUT2D eigenvalue weighted by molar-refractivity contribution is 5.75. The number of ether oxygens (including phenoxy) is 3. The van der Waals surface area contributed by atoms with Crippen LogP contribution < -0.4 is 11.0 Å². The molecule has 2 aliphatic heterocycles. The van der Waals surface area contributed by atoms with Gasteiger partial charge in [0.2, 0.25) is 0 Å². The van der Waals surface area contributed by atoms with E-state index in [0.29, 0.717) is 13.0 Å². The smallest absolute Gasteiger partial charge is 0.407 e. The average molecular weight is 689 g/mol. The number of nitrogens with zero attached hydrogens (tertiary/aromatic N) is 2. The fourth-order valence-electron chi connectivity index (χ4n) is 7.25. The zero-order chi connectivity index (χ0) is 35.2. The number of para-hydroxylation sites is 2. The SMILES string of the molecule is C=CCOC(=O)NCc1ccccc1-c1ccc(C2OC(CN3CCC(n4c(=O)[nH]c5ccccc54)CC3)CC(c3ccc(CO)cc3)O2)cc1. The van der Waals surface area contributed by atoms with Gasteiger partial charge in [-0.25, -0.2) is 9.59 Å². The second-order valence-corrected chi connectivity index (χ2v) is 13.2. The topological polar surface area (TPSA) is 118 Å². The first-order valence-corrected chi connectivity index (χ1v) is 17.6. The normalized spacial score (nSPS) is 19.9. The molecule has 3 N–H and O–H groups in total. The lowest BCUT2D eigenvalue weighted by molar-refractivity contribution is -0.253. The highest BCUT2D eigenvalue weighted by Gasteiger charge is 2.34. The van der Waals surface area contributed by atoms with Crippen molar-refractivity contribution in [1.29, 1.82) is 0 Å². The van der Waals surface area contributed by atoms with Crippen LogP contribution in [0.2, 0.25) is 0 Å². The number of piperidine rings is 1. The monoisotopic (exact) mass is 688 g/mol. The van der Waals surface area contributed by atoms with Gasteiger partial charge in [0.25, 0.3) is 0 Å². The van der Waals surface area contributed by atoms with E-state index in [1.54, 1.807) is 0 Å². The first-order valence-electron chi connectivity index (χ1n) is 17.6. The molecular weight excluding hydrogens is 644 g/mol. The van der Waals surface area contributed by atoms with E-state index in [9.17, 15) is 14.7 Å². The van der Waals surface area contributed by atoms with Gasteiger partial charge in [-0.2, -0.15) is 0 Å². The molecule has 0 saturated carbocycles. The van der Waals surface area contributed by atoms with Crippen molar-refractivity contribution in [1.82, 2.24) is 19.8 Å². The molecule has 1 amide bonds. The van der Waals surface area contributed by atoms with Crippen molar-refractivity contribution < 1.29 is 24.1 Å². The van der Waals surface area contributed by atoms with Crippen molar-refractivity contribution in [2.45, 2.75) is 57.0 Å². The van der Waals surface area contributed by atoms with E-state index < -0.39 is 12.4 Å². The quantitative estimate of drug-likeness (QED) is 0.131. The number of hydrogen-bond acceptors (Lipinski definition) is 7. The Morgan fingerprint density at radius 3 is 2.43 bits per heavy atom. The van der Waals surface area contributed by atoms with Crippen molar-refractivity contribution in [3.8, 4) is 11.1 Å². The van der Waals surface area contributed by atoms with Crippen LogP contribution in [0.15, 0.2) is 115 Å². The number of fused-ring (bicyclic) bond motifs is 1.